The summed E-state index contributed by atoms with van der Waals surface area (Å²) in [5.74, 6) is 1.58. The Balaban J connectivity index is 4.18. The van der Waals surface area contributed by atoms with Crippen molar-refractivity contribution in [2.24, 2.45) is 10.7 Å². The Labute approximate surface area is 91.9 Å². The van der Waals surface area contributed by atoms with Crippen molar-refractivity contribution in [3.63, 3.8) is 0 Å². The van der Waals surface area contributed by atoms with Gasteiger partial charge in [-0.3, -0.25) is 0 Å². The number of nitrogens with zero attached hydrogens (tertiary/aromatic N) is 1. The molecule has 0 bridgehead atoms. The fraction of sp³-hybridized carbons (Fsp3) is 0.900. The molecule has 0 amide bonds. The van der Waals surface area contributed by atoms with Crippen LogP contribution < -0.4 is 11.1 Å². The van der Waals surface area contributed by atoms with Crippen LogP contribution in [-0.4, -0.2) is 29.5 Å². The second-order valence-corrected chi connectivity index (χ2v) is 5.32. The predicted octanol–water partition coefficient (Wildman–Crippen LogP) is 1.83. The minimum atomic E-state index is -0.00870. The van der Waals surface area contributed by atoms with Crippen LogP contribution in [0.1, 0.15) is 34.1 Å². The quantitative estimate of drug-likeness (QED) is 0.558. The van der Waals surface area contributed by atoms with Crippen LogP contribution >= 0.6 is 11.8 Å². The summed E-state index contributed by atoms with van der Waals surface area (Å²) in [6, 6.07) is 0.333. The second kappa shape index (κ2) is 6.17. The van der Waals surface area contributed by atoms with Gasteiger partial charge in [0.2, 0.25) is 0 Å². The molecule has 0 heterocycles. The summed E-state index contributed by atoms with van der Waals surface area (Å²) < 4.78 is 0. The first-order valence-corrected chi connectivity index (χ1v) is 6.38. The molecule has 0 radical (unpaired) electrons. The largest absolute Gasteiger partial charge is 0.370 e. The Morgan fingerprint density at radius 1 is 1.50 bits per heavy atom. The van der Waals surface area contributed by atoms with Gasteiger partial charge in [-0.05, 0) is 33.4 Å². The van der Waals surface area contributed by atoms with Crippen molar-refractivity contribution >= 4 is 17.7 Å². The molecule has 0 aliphatic rings. The summed E-state index contributed by atoms with van der Waals surface area (Å²) in [5.41, 5.74) is 5.79. The number of hydrogen-bond donors (Lipinski definition) is 2. The van der Waals surface area contributed by atoms with Gasteiger partial charge in [-0.2, -0.15) is 11.8 Å². The summed E-state index contributed by atoms with van der Waals surface area (Å²) >= 11 is 1.80. The minimum Gasteiger partial charge on any atom is -0.370 e. The molecule has 0 aliphatic carbocycles. The maximum atomic E-state index is 5.80. The van der Waals surface area contributed by atoms with Crippen LogP contribution in [-0.2, 0) is 0 Å². The van der Waals surface area contributed by atoms with Gasteiger partial charge in [0.1, 0.15) is 0 Å². The topological polar surface area (TPSA) is 50.4 Å². The van der Waals surface area contributed by atoms with Crippen molar-refractivity contribution in [2.75, 3.05) is 12.0 Å². The third kappa shape index (κ3) is 7.06. The minimum absolute atomic E-state index is 0.00870. The highest BCUT2D eigenvalue weighted by atomic mass is 32.2. The first-order valence-electron chi connectivity index (χ1n) is 4.99. The van der Waals surface area contributed by atoms with Gasteiger partial charge in [-0.25, -0.2) is 4.99 Å². The second-order valence-electron chi connectivity index (χ2n) is 4.41. The fourth-order valence-electron chi connectivity index (χ4n) is 1.05. The first-order chi connectivity index (χ1) is 6.39. The van der Waals surface area contributed by atoms with Crippen LogP contribution in [0.2, 0.25) is 0 Å². The Kier molecular flexibility index (Phi) is 6.00. The molecule has 84 valence electrons. The molecule has 0 saturated carbocycles. The molecule has 0 aliphatic heterocycles. The molecular formula is C10H23N3S. The highest BCUT2D eigenvalue weighted by Gasteiger charge is 2.11. The number of nitrogens with two attached hydrogens (primary N) is 1. The van der Waals surface area contributed by atoms with Gasteiger partial charge in [-0.15, -0.1) is 0 Å². The van der Waals surface area contributed by atoms with E-state index in [4.69, 9.17) is 5.73 Å². The molecular weight excluding hydrogens is 194 g/mol. The van der Waals surface area contributed by atoms with Gasteiger partial charge in [0, 0.05) is 11.3 Å². The van der Waals surface area contributed by atoms with Gasteiger partial charge in [0.25, 0.3) is 0 Å². The van der Waals surface area contributed by atoms with Crippen molar-refractivity contribution in [3.05, 3.63) is 0 Å². The van der Waals surface area contributed by atoms with E-state index in [9.17, 15) is 0 Å². The highest BCUT2D eigenvalue weighted by Crippen LogP contribution is 2.05. The molecule has 3 nitrogen and oxygen atoms in total. The molecule has 0 saturated heterocycles. The predicted molar refractivity (Wildman–Crippen MR) is 67.0 cm³/mol. The third-order valence-electron chi connectivity index (χ3n) is 1.66. The van der Waals surface area contributed by atoms with Crippen molar-refractivity contribution in [3.8, 4) is 0 Å². The number of aliphatic imine (C=N–C) groups is 1. The molecule has 0 fully saturated rings. The molecule has 4 heteroatoms. The monoisotopic (exact) mass is 217 g/mol. The van der Waals surface area contributed by atoms with E-state index in [0.29, 0.717) is 12.0 Å². The summed E-state index contributed by atoms with van der Waals surface area (Å²) in [4.78, 5) is 4.43. The van der Waals surface area contributed by atoms with Crippen LogP contribution in [0.4, 0.5) is 0 Å². The van der Waals surface area contributed by atoms with E-state index < -0.39 is 0 Å². The Bertz CT molecular complexity index is 184. The van der Waals surface area contributed by atoms with E-state index >= 15 is 0 Å². The van der Waals surface area contributed by atoms with Gasteiger partial charge in [-0.1, -0.05) is 6.92 Å². The normalized spacial score (nSPS) is 15.4. The molecule has 0 aromatic carbocycles. The summed E-state index contributed by atoms with van der Waals surface area (Å²) in [6.45, 7) is 8.36. The zero-order valence-electron chi connectivity index (χ0n) is 9.92. The van der Waals surface area contributed by atoms with Crippen molar-refractivity contribution in [2.45, 2.75) is 45.7 Å². The third-order valence-corrected chi connectivity index (χ3v) is 2.37. The van der Waals surface area contributed by atoms with Crippen molar-refractivity contribution in [1.29, 1.82) is 0 Å². The lowest BCUT2D eigenvalue weighted by molar-refractivity contribution is 0.506. The zero-order chi connectivity index (χ0) is 11.2. The molecule has 0 aromatic heterocycles. The molecule has 1 unspecified atom stereocenters. The lowest BCUT2D eigenvalue weighted by atomic mass is 10.1. The average molecular weight is 217 g/mol. The zero-order valence-corrected chi connectivity index (χ0v) is 10.7. The van der Waals surface area contributed by atoms with Crippen molar-refractivity contribution in [1.82, 2.24) is 5.32 Å². The Hall–Kier alpha value is -0.380. The molecule has 3 N–H and O–H groups in total. The molecule has 1 atom stereocenters. The number of hydrogen-bond acceptors (Lipinski definition) is 2. The van der Waals surface area contributed by atoms with Crippen LogP contribution in [0.25, 0.3) is 0 Å². The standard InChI is InChI=1S/C10H23N3S/c1-6-8(7-14-5)12-9(11)13-10(2,3)4/h8H,6-7H2,1-5H3,(H3,11,12,13). The van der Waals surface area contributed by atoms with Gasteiger partial charge < -0.3 is 11.1 Å². The molecule has 0 aromatic rings. The molecule has 0 rings (SSSR count). The summed E-state index contributed by atoms with van der Waals surface area (Å²) in [6.07, 6.45) is 3.12. The van der Waals surface area contributed by atoms with E-state index in [1.807, 2.05) is 0 Å². The van der Waals surface area contributed by atoms with Crippen LogP contribution in [0, 0.1) is 0 Å². The van der Waals surface area contributed by atoms with Crippen molar-refractivity contribution < 1.29 is 0 Å². The number of rotatable bonds is 4. The van der Waals surface area contributed by atoms with E-state index in [1.54, 1.807) is 11.8 Å². The average Bonchev–Trinajstić information content (AvgIpc) is 2.00. The summed E-state index contributed by atoms with van der Waals surface area (Å²) in [7, 11) is 0. The summed E-state index contributed by atoms with van der Waals surface area (Å²) in [5, 5.41) is 3.16. The number of thioether (sulfide) groups is 1. The van der Waals surface area contributed by atoms with E-state index in [1.165, 1.54) is 0 Å². The smallest absolute Gasteiger partial charge is 0.189 e. The Morgan fingerprint density at radius 2 is 2.07 bits per heavy atom. The maximum absolute atomic E-state index is 5.80. The number of guanidine groups is 1. The van der Waals surface area contributed by atoms with E-state index in [0.717, 1.165) is 12.2 Å². The van der Waals surface area contributed by atoms with Gasteiger partial charge in [0.15, 0.2) is 5.96 Å². The Morgan fingerprint density at radius 3 is 2.43 bits per heavy atom. The SMILES string of the molecule is CCC(CSC)N=C(N)NC(C)(C)C. The lowest BCUT2D eigenvalue weighted by Crippen LogP contribution is -2.45. The highest BCUT2D eigenvalue weighted by molar-refractivity contribution is 7.98. The molecule has 14 heavy (non-hydrogen) atoms. The van der Waals surface area contributed by atoms with Crippen LogP contribution in [0.3, 0.4) is 0 Å². The van der Waals surface area contributed by atoms with Gasteiger partial charge >= 0.3 is 0 Å². The van der Waals surface area contributed by atoms with E-state index in [2.05, 4.69) is 44.3 Å². The number of nitrogens with one attached hydrogen (secondary N) is 1. The fourth-order valence-corrected chi connectivity index (χ4v) is 1.75. The first kappa shape index (κ1) is 13.6. The van der Waals surface area contributed by atoms with Crippen LogP contribution in [0.15, 0.2) is 4.99 Å². The van der Waals surface area contributed by atoms with Crippen LogP contribution in [0.5, 0.6) is 0 Å². The maximum Gasteiger partial charge on any atom is 0.189 e. The lowest BCUT2D eigenvalue weighted by Gasteiger charge is -2.22. The van der Waals surface area contributed by atoms with E-state index in [-0.39, 0.29) is 5.54 Å². The molecule has 0 spiro atoms. The van der Waals surface area contributed by atoms with Gasteiger partial charge in [0.05, 0.1) is 6.04 Å².